The van der Waals surface area contributed by atoms with Gasteiger partial charge in [0, 0.05) is 12.8 Å². The summed E-state index contributed by atoms with van der Waals surface area (Å²) in [4.78, 5) is 62.6. The molecule has 40 heavy (non-hydrogen) atoms. The normalized spacial score (nSPS) is 13.9. The van der Waals surface area contributed by atoms with Gasteiger partial charge in [-0.1, -0.05) is 74.5 Å². The molecule has 0 spiro atoms. The number of carboxylic acid groups (broad SMARTS) is 1. The summed E-state index contributed by atoms with van der Waals surface area (Å²) in [7, 11) is 0. The average molecular weight is 554 g/mol. The van der Waals surface area contributed by atoms with Crippen LogP contribution in [0.25, 0.3) is 0 Å². The standard InChI is InChI=1S/C29H39N5O6/c1-18(2)15-23(28(38)34-24(29(39)40)17-20-11-7-4-8-12-20)33-27(37)22(13-14-25(31)35)32-26(36)21(30)16-19-9-5-3-6-10-19/h3-12,18,21-24H,13-17,30H2,1-2H3,(H2,31,35)(H,32,36)(H,33,37)(H,34,38)(H,39,40). The zero-order valence-corrected chi connectivity index (χ0v) is 22.8. The monoisotopic (exact) mass is 553 g/mol. The number of carboxylic acids is 1. The lowest BCUT2D eigenvalue weighted by Crippen LogP contribution is -2.57. The number of amides is 4. The number of benzene rings is 2. The first-order chi connectivity index (χ1) is 19.0. The number of primary amides is 1. The first-order valence-corrected chi connectivity index (χ1v) is 13.2. The number of hydrogen-bond donors (Lipinski definition) is 6. The van der Waals surface area contributed by atoms with E-state index in [1.54, 1.807) is 30.3 Å². The molecule has 0 aliphatic carbocycles. The molecule has 216 valence electrons. The molecule has 11 nitrogen and oxygen atoms in total. The molecule has 8 N–H and O–H groups in total. The van der Waals surface area contributed by atoms with Gasteiger partial charge in [-0.15, -0.1) is 0 Å². The summed E-state index contributed by atoms with van der Waals surface area (Å²) < 4.78 is 0. The first kappa shape index (κ1) is 32.0. The van der Waals surface area contributed by atoms with Crippen molar-refractivity contribution in [2.24, 2.45) is 17.4 Å². The Morgan fingerprint density at radius 3 is 1.70 bits per heavy atom. The van der Waals surface area contributed by atoms with E-state index in [9.17, 15) is 29.1 Å². The van der Waals surface area contributed by atoms with E-state index in [1.165, 1.54) is 0 Å². The third-order valence-corrected chi connectivity index (χ3v) is 6.18. The summed E-state index contributed by atoms with van der Waals surface area (Å²) >= 11 is 0. The zero-order valence-electron chi connectivity index (χ0n) is 22.8. The SMILES string of the molecule is CC(C)CC(NC(=O)C(CCC(N)=O)NC(=O)C(N)Cc1ccccc1)C(=O)NC(Cc1ccccc1)C(=O)O. The highest BCUT2D eigenvalue weighted by atomic mass is 16.4. The highest BCUT2D eigenvalue weighted by Gasteiger charge is 2.31. The van der Waals surface area contributed by atoms with Crippen LogP contribution in [0.3, 0.4) is 0 Å². The van der Waals surface area contributed by atoms with Crippen LogP contribution < -0.4 is 27.4 Å². The molecule has 0 aromatic heterocycles. The van der Waals surface area contributed by atoms with Crippen molar-refractivity contribution in [1.82, 2.24) is 16.0 Å². The minimum Gasteiger partial charge on any atom is -0.480 e. The molecule has 0 aliphatic heterocycles. The molecule has 2 rings (SSSR count). The molecular formula is C29H39N5O6. The molecule has 0 radical (unpaired) electrons. The smallest absolute Gasteiger partial charge is 0.326 e. The van der Waals surface area contributed by atoms with Crippen LogP contribution in [0.5, 0.6) is 0 Å². The fourth-order valence-electron chi connectivity index (χ4n) is 4.09. The Hall–Kier alpha value is -4.25. The summed E-state index contributed by atoms with van der Waals surface area (Å²) in [6, 6.07) is 13.5. The summed E-state index contributed by atoms with van der Waals surface area (Å²) in [5.74, 6) is -3.91. The summed E-state index contributed by atoms with van der Waals surface area (Å²) in [6.45, 7) is 3.69. The molecule has 4 amide bonds. The minimum absolute atomic E-state index is 0.0357. The Morgan fingerprint density at radius 2 is 1.20 bits per heavy atom. The van der Waals surface area contributed by atoms with E-state index >= 15 is 0 Å². The van der Waals surface area contributed by atoms with E-state index in [0.717, 1.165) is 11.1 Å². The van der Waals surface area contributed by atoms with Gasteiger partial charge < -0.3 is 32.5 Å². The highest BCUT2D eigenvalue weighted by Crippen LogP contribution is 2.10. The van der Waals surface area contributed by atoms with E-state index < -0.39 is 53.8 Å². The summed E-state index contributed by atoms with van der Waals surface area (Å²) in [5, 5.41) is 17.4. The van der Waals surface area contributed by atoms with Crippen LogP contribution in [0, 0.1) is 5.92 Å². The lowest BCUT2D eigenvalue weighted by molar-refractivity contribution is -0.142. The minimum atomic E-state index is -1.22. The van der Waals surface area contributed by atoms with Gasteiger partial charge in [-0.25, -0.2) is 4.79 Å². The Bertz CT molecular complexity index is 1140. The van der Waals surface area contributed by atoms with Crippen molar-refractivity contribution < 1.29 is 29.1 Å². The molecule has 0 saturated carbocycles. The third kappa shape index (κ3) is 11.2. The van der Waals surface area contributed by atoms with Gasteiger partial charge in [0.05, 0.1) is 6.04 Å². The molecule has 0 aliphatic rings. The molecule has 11 heteroatoms. The third-order valence-electron chi connectivity index (χ3n) is 6.18. The largest absolute Gasteiger partial charge is 0.480 e. The van der Waals surface area contributed by atoms with Crippen LogP contribution >= 0.6 is 0 Å². The van der Waals surface area contributed by atoms with Crippen LogP contribution in [-0.4, -0.2) is 58.9 Å². The van der Waals surface area contributed by atoms with Gasteiger partial charge in [-0.05, 0) is 36.3 Å². The Kier molecular flexibility index (Phi) is 12.8. The number of carbonyl (C=O) groups is 5. The van der Waals surface area contributed by atoms with Crippen molar-refractivity contribution in [1.29, 1.82) is 0 Å². The highest BCUT2D eigenvalue weighted by molar-refractivity contribution is 5.94. The predicted molar refractivity (Wildman–Crippen MR) is 150 cm³/mol. The van der Waals surface area contributed by atoms with Gasteiger partial charge in [0.1, 0.15) is 18.1 Å². The van der Waals surface area contributed by atoms with Crippen LogP contribution in [0.2, 0.25) is 0 Å². The topological polar surface area (TPSA) is 194 Å². The molecule has 4 atom stereocenters. The molecule has 4 unspecified atom stereocenters. The van der Waals surface area contributed by atoms with E-state index in [0.29, 0.717) is 0 Å². The fraction of sp³-hybridized carbons (Fsp3) is 0.414. The second kappa shape index (κ2) is 16.0. The van der Waals surface area contributed by atoms with Crippen molar-refractivity contribution in [2.75, 3.05) is 0 Å². The molecule has 0 fully saturated rings. The fourth-order valence-corrected chi connectivity index (χ4v) is 4.09. The number of nitrogens with two attached hydrogens (primary N) is 2. The van der Waals surface area contributed by atoms with Crippen molar-refractivity contribution in [2.45, 2.75) is 70.1 Å². The maximum absolute atomic E-state index is 13.3. The molecule has 0 bridgehead atoms. The Labute approximate surface area is 234 Å². The number of aliphatic carboxylic acids is 1. The zero-order chi connectivity index (χ0) is 29.7. The second-order valence-corrected chi connectivity index (χ2v) is 10.1. The molecule has 2 aromatic rings. The van der Waals surface area contributed by atoms with Gasteiger partial charge in [0.2, 0.25) is 23.6 Å². The summed E-state index contributed by atoms with van der Waals surface area (Å²) in [6.07, 6.45) is 0.200. The number of nitrogens with one attached hydrogen (secondary N) is 3. The van der Waals surface area contributed by atoms with Gasteiger partial charge in [-0.3, -0.25) is 19.2 Å². The van der Waals surface area contributed by atoms with Crippen LogP contribution in [-0.2, 0) is 36.8 Å². The number of rotatable bonds is 16. The van der Waals surface area contributed by atoms with Crippen molar-refractivity contribution in [3.8, 4) is 0 Å². The lowest BCUT2D eigenvalue weighted by Gasteiger charge is -2.26. The second-order valence-electron chi connectivity index (χ2n) is 10.1. The first-order valence-electron chi connectivity index (χ1n) is 13.2. The quantitative estimate of drug-likeness (QED) is 0.176. The lowest BCUT2D eigenvalue weighted by atomic mass is 10.0. The molecule has 2 aromatic carbocycles. The Morgan fingerprint density at radius 1 is 0.725 bits per heavy atom. The molecular weight excluding hydrogens is 514 g/mol. The van der Waals surface area contributed by atoms with Crippen LogP contribution in [0.1, 0.15) is 44.2 Å². The van der Waals surface area contributed by atoms with E-state index in [1.807, 2.05) is 44.2 Å². The number of hydrogen-bond acceptors (Lipinski definition) is 6. The predicted octanol–water partition coefficient (Wildman–Crippen LogP) is 0.650. The van der Waals surface area contributed by atoms with Crippen molar-refractivity contribution in [3.63, 3.8) is 0 Å². The maximum Gasteiger partial charge on any atom is 0.326 e. The number of carbonyl (C=O) groups excluding carboxylic acids is 4. The van der Waals surface area contributed by atoms with E-state index in [2.05, 4.69) is 16.0 Å². The van der Waals surface area contributed by atoms with Gasteiger partial charge in [0.25, 0.3) is 0 Å². The van der Waals surface area contributed by atoms with Gasteiger partial charge >= 0.3 is 5.97 Å². The molecule has 0 heterocycles. The van der Waals surface area contributed by atoms with Crippen LogP contribution in [0.4, 0.5) is 0 Å². The van der Waals surface area contributed by atoms with Crippen LogP contribution in [0.15, 0.2) is 60.7 Å². The summed E-state index contributed by atoms with van der Waals surface area (Å²) in [5.41, 5.74) is 12.9. The van der Waals surface area contributed by atoms with Crippen molar-refractivity contribution >= 4 is 29.6 Å². The van der Waals surface area contributed by atoms with E-state index in [-0.39, 0.29) is 38.0 Å². The molecule has 0 saturated heterocycles. The average Bonchev–Trinajstić information content (AvgIpc) is 2.90. The van der Waals surface area contributed by atoms with Gasteiger partial charge in [-0.2, -0.15) is 0 Å². The van der Waals surface area contributed by atoms with Gasteiger partial charge in [0.15, 0.2) is 0 Å². The Balaban J connectivity index is 2.14. The maximum atomic E-state index is 13.3. The van der Waals surface area contributed by atoms with E-state index in [4.69, 9.17) is 11.5 Å². The van der Waals surface area contributed by atoms with Crippen molar-refractivity contribution in [3.05, 3.63) is 71.8 Å².